The number of carbonyl (C=O) groups is 1. The molecule has 0 aliphatic carbocycles. The molecule has 0 fully saturated rings. The molecule has 0 spiro atoms. The number of carboxylic acids is 1. The topological polar surface area (TPSA) is 63.8 Å². The fourth-order valence-electron chi connectivity index (χ4n) is 1.13. The van der Waals surface area contributed by atoms with Crippen LogP contribution in [0.2, 0.25) is 0 Å². The van der Waals surface area contributed by atoms with Crippen molar-refractivity contribution in [2.24, 2.45) is 0 Å². The molecule has 80 valence electrons. The summed E-state index contributed by atoms with van der Waals surface area (Å²) in [5.41, 5.74) is 0.745. The van der Waals surface area contributed by atoms with E-state index in [0.29, 0.717) is 0 Å². The first kappa shape index (κ1) is 10.1. The second kappa shape index (κ2) is 4.00. The lowest BCUT2D eigenvalue weighted by molar-refractivity contribution is -0.149. The number of aliphatic carboxylic acids is 1. The van der Waals surface area contributed by atoms with E-state index in [4.69, 9.17) is 9.84 Å². The van der Waals surface area contributed by atoms with Gasteiger partial charge in [-0.2, -0.15) is 0 Å². The normalized spacial score (nSPS) is 13.1. The molecule has 1 N–H and O–H groups in total. The van der Waals surface area contributed by atoms with Crippen LogP contribution in [-0.4, -0.2) is 26.6 Å². The number of nitrogens with zero attached hydrogens (tertiary/aromatic N) is 2. The van der Waals surface area contributed by atoms with Crippen molar-refractivity contribution >= 4 is 22.3 Å². The van der Waals surface area contributed by atoms with Crippen molar-refractivity contribution < 1.29 is 14.6 Å². The molecule has 1 atom stereocenters. The van der Waals surface area contributed by atoms with Gasteiger partial charge in [0.2, 0.25) is 0 Å². The van der Waals surface area contributed by atoms with Gasteiger partial charge in [-0.1, -0.05) is 0 Å². The van der Waals surface area contributed by atoms with Crippen LogP contribution in [0.1, 0.15) is 12.6 Å². The molecule has 0 saturated heterocycles. The van der Waals surface area contributed by atoms with Crippen LogP contribution in [-0.2, 0) is 16.1 Å². The maximum atomic E-state index is 10.5. The minimum Gasteiger partial charge on any atom is -0.479 e. The SMILES string of the molecule is C[C@H](OCc1cn2ccsc2n1)C(=O)O. The second-order valence-electron chi connectivity index (χ2n) is 3.12. The third kappa shape index (κ3) is 2.16. The number of aromatic nitrogens is 2. The highest BCUT2D eigenvalue weighted by molar-refractivity contribution is 7.15. The van der Waals surface area contributed by atoms with Crippen molar-refractivity contribution in [3.63, 3.8) is 0 Å². The molecule has 0 radical (unpaired) electrons. The lowest BCUT2D eigenvalue weighted by Gasteiger charge is -2.05. The van der Waals surface area contributed by atoms with E-state index < -0.39 is 12.1 Å². The number of hydrogen-bond acceptors (Lipinski definition) is 4. The van der Waals surface area contributed by atoms with E-state index in [1.54, 1.807) is 0 Å². The van der Waals surface area contributed by atoms with Crippen LogP contribution in [0, 0.1) is 0 Å². The van der Waals surface area contributed by atoms with Gasteiger partial charge in [-0.05, 0) is 6.92 Å². The van der Waals surface area contributed by atoms with Crippen LogP contribution >= 0.6 is 11.3 Å². The van der Waals surface area contributed by atoms with Crippen LogP contribution < -0.4 is 0 Å². The summed E-state index contributed by atoms with van der Waals surface area (Å²) in [4.78, 5) is 15.6. The Morgan fingerprint density at radius 3 is 3.27 bits per heavy atom. The van der Waals surface area contributed by atoms with Crippen LogP contribution in [0.4, 0.5) is 0 Å². The number of fused-ring (bicyclic) bond motifs is 1. The number of rotatable bonds is 4. The molecule has 6 heteroatoms. The molecule has 0 aliphatic heterocycles. The summed E-state index contributed by atoms with van der Waals surface area (Å²) in [6.45, 7) is 1.72. The van der Waals surface area contributed by atoms with Gasteiger partial charge in [-0.3, -0.25) is 4.40 Å². The van der Waals surface area contributed by atoms with E-state index >= 15 is 0 Å². The smallest absolute Gasteiger partial charge is 0.332 e. The third-order valence-corrected chi connectivity index (χ3v) is 2.74. The van der Waals surface area contributed by atoms with Crippen molar-refractivity contribution in [3.8, 4) is 0 Å². The Morgan fingerprint density at radius 2 is 2.60 bits per heavy atom. The molecule has 2 rings (SSSR count). The number of hydrogen-bond donors (Lipinski definition) is 1. The van der Waals surface area contributed by atoms with Crippen molar-refractivity contribution in [1.82, 2.24) is 9.38 Å². The number of thiazole rings is 1. The first-order chi connectivity index (χ1) is 7.16. The molecule has 0 amide bonds. The van der Waals surface area contributed by atoms with Crippen LogP contribution in [0.5, 0.6) is 0 Å². The first-order valence-electron chi connectivity index (χ1n) is 4.42. The third-order valence-electron chi connectivity index (χ3n) is 1.97. The predicted octanol–water partition coefficient (Wildman–Crippen LogP) is 1.39. The van der Waals surface area contributed by atoms with E-state index in [1.165, 1.54) is 18.3 Å². The zero-order valence-corrected chi connectivity index (χ0v) is 8.90. The lowest BCUT2D eigenvalue weighted by Crippen LogP contribution is -2.19. The Kier molecular flexibility index (Phi) is 2.70. The molecule has 2 aromatic heterocycles. The fourth-order valence-corrected chi connectivity index (χ4v) is 1.85. The van der Waals surface area contributed by atoms with Gasteiger partial charge in [0, 0.05) is 17.8 Å². The predicted molar refractivity (Wildman–Crippen MR) is 55.0 cm³/mol. The zero-order valence-electron chi connectivity index (χ0n) is 8.08. The largest absolute Gasteiger partial charge is 0.479 e. The molecule has 0 bridgehead atoms. The van der Waals surface area contributed by atoms with Gasteiger partial charge >= 0.3 is 5.97 Å². The molecule has 0 saturated carbocycles. The Hall–Kier alpha value is -1.40. The average molecular weight is 226 g/mol. The standard InChI is InChI=1S/C9H10N2O3S/c1-6(8(12)13)14-5-7-4-11-2-3-15-9(11)10-7/h2-4,6H,5H2,1H3,(H,12,13)/t6-/m0/s1. The van der Waals surface area contributed by atoms with Crippen LogP contribution in [0.15, 0.2) is 17.8 Å². The van der Waals surface area contributed by atoms with Gasteiger partial charge in [0.15, 0.2) is 11.1 Å². The summed E-state index contributed by atoms with van der Waals surface area (Å²) in [7, 11) is 0. The molecule has 2 aromatic rings. The summed E-state index contributed by atoms with van der Waals surface area (Å²) in [5, 5.41) is 10.5. The van der Waals surface area contributed by atoms with Crippen molar-refractivity contribution in [2.45, 2.75) is 19.6 Å². The molecular weight excluding hydrogens is 216 g/mol. The van der Waals surface area contributed by atoms with Crippen molar-refractivity contribution in [3.05, 3.63) is 23.5 Å². The lowest BCUT2D eigenvalue weighted by atomic mass is 10.4. The average Bonchev–Trinajstić information content (AvgIpc) is 2.72. The number of carboxylic acid groups (broad SMARTS) is 1. The molecule has 0 aliphatic rings. The summed E-state index contributed by atoms with van der Waals surface area (Å²) in [6.07, 6.45) is 2.93. The summed E-state index contributed by atoms with van der Waals surface area (Å²) >= 11 is 1.53. The molecule has 0 unspecified atom stereocenters. The quantitative estimate of drug-likeness (QED) is 0.855. The van der Waals surface area contributed by atoms with Gasteiger partial charge in [0.1, 0.15) is 0 Å². The minimum atomic E-state index is -0.962. The molecule has 2 heterocycles. The van der Waals surface area contributed by atoms with Gasteiger partial charge < -0.3 is 9.84 Å². The van der Waals surface area contributed by atoms with Gasteiger partial charge in [0.05, 0.1) is 12.3 Å². The van der Waals surface area contributed by atoms with Gasteiger partial charge in [-0.25, -0.2) is 9.78 Å². The van der Waals surface area contributed by atoms with E-state index in [9.17, 15) is 4.79 Å². The first-order valence-corrected chi connectivity index (χ1v) is 5.30. The Bertz CT molecular complexity index is 448. The van der Waals surface area contributed by atoms with Crippen molar-refractivity contribution in [2.75, 3.05) is 0 Å². The fraction of sp³-hybridized carbons (Fsp3) is 0.333. The number of imidazole rings is 1. The van der Waals surface area contributed by atoms with Crippen LogP contribution in [0.3, 0.4) is 0 Å². The Morgan fingerprint density at radius 1 is 1.80 bits per heavy atom. The molecular formula is C9H10N2O3S. The summed E-state index contributed by atoms with van der Waals surface area (Å²) in [5.74, 6) is -0.962. The monoisotopic (exact) mass is 226 g/mol. The minimum absolute atomic E-state index is 0.224. The molecule has 0 aromatic carbocycles. The van der Waals surface area contributed by atoms with Crippen molar-refractivity contribution in [1.29, 1.82) is 0 Å². The molecule has 5 nitrogen and oxygen atoms in total. The highest BCUT2D eigenvalue weighted by Gasteiger charge is 2.12. The number of ether oxygens (including phenoxy) is 1. The maximum Gasteiger partial charge on any atom is 0.332 e. The Labute approximate surface area is 89.9 Å². The summed E-state index contributed by atoms with van der Waals surface area (Å²) in [6, 6.07) is 0. The van der Waals surface area contributed by atoms with E-state index in [-0.39, 0.29) is 6.61 Å². The highest BCUT2D eigenvalue weighted by atomic mass is 32.1. The zero-order chi connectivity index (χ0) is 10.8. The van der Waals surface area contributed by atoms with E-state index in [2.05, 4.69) is 4.98 Å². The van der Waals surface area contributed by atoms with Gasteiger partial charge in [0.25, 0.3) is 0 Å². The van der Waals surface area contributed by atoms with E-state index in [1.807, 2.05) is 22.2 Å². The molecule has 15 heavy (non-hydrogen) atoms. The van der Waals surface area contributed by atoms with E-state index in [0.717, 1.165) is 10.7 Å². The summed E-state index contributed by atoms with van der Waals surface area (Å²) < 4.78 is 7.00. The van der Waals surface area contributed by atoms with Crippen LogP contribution in [0.25, 0.3) is 4.96 Å². The highest BCUT2D eigenvalue weighted by Crippen LogP contribution is 2.12. The van der Waals surface area contributed by atoms with Gasteiger partial charge in [-0.15, -0.1) is 11.3 Å². The maximum absolute atomic E-state index is 10.5. The second-order valence-corrected chi connectivity index (χ2v) is 3.99. The Balaban J connectivity index is 2.01.